The lowest BCUT2D eigenvalue weighted by atomic mass is 9.98. The van der Waals surface area contributed by atoms with Crippen LogP contribution in [-0.4, -0.2) is 30.2 Å². The van der Waals surface area contributed by atoms with E-state index in [-0.39, 0.29) is 5.91 Å². The maximum atomic E-state index is 12.2. The molecule has 0 saturated carbocycles. The smallest absolute Gasteiger partial charge is 0.237 e. The zero-order valence-corrected chi connectivity index (χ0v) is 9.84. The molecule has 1 aromatic rings. The second-order valence-electron chi connectivity index (χ2n) is 4.41. The Balaban J connectivity index is 2.12. The lowest BCUT2D eigenvalue weighted by molar-refractivity contribution is -0.135. The van der Waals surface area contributed by atoms with E-state index in [2.05, 4.69) is 0 Å². The van der Waals surface area contributed by atoms with Crippen molar-refractivity contribution in [1.29, 1.82) is 0 Å². The highest BCUT2D eigenvalue weighted by atomic mass is 16.2. The van der Waals surface area contributed by atoms with Crippen LogP contribution < -0.4 is 0 Å². The van der Waals surface area contributed by atoms with Crippen molar-refractivity contribution in [3.63, 3.8) is 0 Å². The van der Waals surface area contributed by atoms with Gasteiger partial charge in [-0.25, -0.2) is 0 Å². The van der Waals surface area contributed by atoms with Gasteiger partial charge in [0.25, 0.3) is 0 Å². The summed E-state index contributed by atoms with van der Waals surface area (Å²) < 4.78 is 0. The Labute approximate surface area is 101 Å². The van der Waals surface area contributed by atoms with Crippen LogP contribution in [0.2, 0.25) is 0 Å². The summed E-state index contributed by atoms with van der Waals surface area (Å²) in [4.78, 5) is 25.2. The van der Waals surface area contributed by atoms with Crippen molar-refractivity contribution in [2.45, 2.75) is 25.2 Å². The standard InChI is InChI=1S/C14H17NO2/c16-11-13(12-7-3-1-4-8-12)14(17)15-9-5-2-6-10-15/h1,3-4,7-8,11,13H,2,5-6,9-10H2. The molecule has 1 unspecified atom stereocenters. The number of carbonyl (C=O) groups is 2. The quantitative estimate of drug-likeness (QED) is 0.589. The Kier molecular flexibility index (Phi) is 3.91. The first-order valence-corrected chi connectivity index (χ1v) is 6.12. The van der Waals surface area contributed by atoms with Gasteiger partial charge in [-0.15, -0.1) is 0 Å². The van der Waals surface area contributed by atoms with Gasteiger partial charge in [-0.1, -0.05) is 30.3 Å². The third-order valence-corrected chi connectivity index (χ3v) is 3.23. The van der Waals surface area contributed by atoms with Gasteiger partial charge in [0, 0.05) is 13.1 Å². The molecule has 1 heterocycles. The molecule has 1 fully saturated rings. The summed E-state index contributed by atoms with van der Waals surface area (Å²) in [7, 11) is 0. The van der Waals surface area contributed by atoms with Gasteiger partial charge in [-0.3, -0.25) is 4.79 Å². The van der Waals surface area contributed by atoms with Gasteiger partial charge in [0.05, 0.1) is 0 Å². The summed E-state index contributed by atoms with van der Waals surface area (Å²) >= 11 is 0. The van der Waals surface area contributed by atoms with Crippen LogP contribution in [0.5, 0.6) is 0 Å². The minimum Gasteiger partial charge on any atom is -0.342 e. The molecule has 1 amide bonds. The van der Waals surface area contributed by atoms with Gasteiger partial charge in [0.15, 0.2) is 0 Å². The summed E-state index contributed by atoms with van der Waals surface area (Å²) in [6, 6.07) is 9.27. The van der Waals surface area contributed by atoms with Gasteiger partial charge < -0.3 is 9.69 Å². The van der Waals surface area contributed by atoms with Crippen molar-refractivity contribution in [3.8, 4) is 0 Å². The summed E-state index contributed by atoms with van der Waals surface area (Å²) in [5.74, 6) is -0.680. The van der Waals surface area contributed by atoms with Crippen LogP contribution in [-0.2, 0) is 9.59 Å². The average molecular weight is 231 g/mol. The Morgan fingerprint density at radius 1 is 1.12 bits per heavy atom. The predicted molar refractivity (Wildman–Crippen MR) is 65.7 cm³/mol. The lowest BCUT2D eigenvalue weighted by Gasteiger charge is -2.28. The van der Waals surface area contributed by atoms with Crippen LogP contribution in [0.4, 0.5) is 0 Å². The zero-order chi connectivity index (χ0) is 12.1. The molecule has 0 spiro atoms. The van der Waals surface area contributed by atoms with E-state index in [4.69, 9.17) is 0 Å². The van der Waals surface area contributed by atoms with Crippen LogP contribution >= 0.6 is 0 Å². The van der Waals surface area contributed by atoms with E-state index >= 15 is 0 Å². The number of rotatable bonds is 3. The second-order valence-corrected chi connectivity index (χ2v) is 4.41. The fourth-order valence-corrected chi connectivity index (χ4v) is 2.25. The zero-order valence-electron chi connectivity index (χ0n) is 9.84. The predicted octanol–water partition coefficient (Wildman–Crippen LogP) is 1.98. The second kappa shape index (κ2) is 5.62. The molecule has 0 aromatic heterocycles. The lowest BCUT2D eigenvalue weighted by Crippen LogP contribution is -2.39. The van der Waals surface area contributed by atoms with E-state index in [9.17, 15) is 9.59 Å². The van der Waals surface area contributed by atoms with E-state index in [1.807, 2.05) is 35.2 Å². The van der Waals surface area contributed by atoms with Crippen molar-refractivity contribution in [2.24, 2.45) is 0 Å². The Morgan fingerprint density at radius 2 is 1.76 bits per heavy atom. The number of nitrogens with zero attached hydrogens (tertiary/aromatic N) is 1. The monoisotopic (exact) mass is 231 g/mol. The fourth-order valence-electron chi connectivity index (χ4n) is 2.25. The molecule has 90 valence electrons. The SMILES string of the molecule is O=CC(C(=O)N1CCCCC1)c1ccccc1. The first-order valence-electron chi connectivity index (χ1n) is 6.12. The molecule has 0 bridgehead atoms. The molecule has 0 N–H and O–H groups in total. The summed E-state index contributed by atoms with van der Waals surface area (Å²) in [5, 5.41) is 0. The van der Waals surface area contributed by atoms with Crippen LogP contribution in [0, 0.1) is 0 Å². The van der Waals surface area contributed by atoms with Crippen LogP contribution in [0.1, 0.15) is 30.7 Å². The van der Waals surface area contributed by atoms with Crippen LogP contribution in [0.3, 0.4) is 0 Å². The number of amides is 1. The normalized spacial score (nSPS) is 17.5. The third-order valence-electron chi connectivity index (χ3n) is 3.23. The summed E-state index contributed by atoms with van der Waals surface area (Å²) in [6.45, 7) is 1.58. The van der Waals surface area contributed by atoms with Gasteiger partial charge in [-0.05, 0) is 24.8 Å². The van der Waals surface area contributed by atoms with Crippen molar-refractivity contribution < 1.29 is 9.59 Å². The van der Waals surface area contributed by atoms with Gasteiger partial charge in [0.1, 0.15) is 12.2 Å². The van der Waals surface area contributed by atoms with Crippen molar-refractivity contribution in [2.75, 3.05) is 13.1 Å². The van der Waals surface area contributed by atoms with E-state index in [0.717, 1.165) is 37.8 Å². The minimum atomic E-state index is -0.630. The number of carbonyl (C=O) groups excluding carboxylic acids is 2. The maximum Gasteiger partial charge on any atom is 0.237 e. The number of aldehydes is 1. The molecular weight excluding hydrogens is 214 g/mol. The van der Waals surface area contributed by atoms with Crippen molar-refractivity contribution in [3.05, 3.63) is 35.9 Å². The highest BCUT2D eigenvalue weighted by Crippen LogP contribution is 2.19. The van der Waals surface area contributed by atoms with E-state index in [1.54, 1.807) is 0 Å². The number of piperidine rings is 1. The Morgan fingerprint density at radius 3 is 2.35 bits per heavy atom. The van der Waals surface area contributed by atoms with Gasteiger partial charge >= 0.3 is 0 Å². The van der Waals surface area contributed by atoms with Gasteiger partial charge in [0.2, 0.25) is 5.91 Å². The number of likely N-dealkylation sites (tertiary alicyclic amines) is 1. The van der Waals surface area contributed by atoms with Crippen LogP contribution in [0.25, 0.3) is 0 Å². The first kappa shape index (κ1) is 11.8. The molecule has 0 radical (unpaired) electrons. The molecule has 17 heavy (non-hydrogen) atoms. The fraction of sp³-hybridized carbons (Fsp3) is 0.429. The molecule has 1 saturated heterocycles. The third kappa shape index (κ3) is 2.73. The van der Waals surface area contributed by atoms with E-state index in [1.165, 1.54) is 6.42 Å². The largest absolute Gasteiger partial charge is 0.342 e. The molecule has 1 aromatic carbocycles. The average Bonchev–Trinajstić information content (AvgIpc) is 2.42. The summed E-state index contributed by atoms with van der Waals surface area (Å²) in [5.41, 5.74) is 0.790. The number of hydrogen-bond donors (Lipinski definition) is 0. The highest BCUT2D eigenvalue weighted by Gasteiger charge is 2.26. The van der Waals surface area contributed by atoms with E-state index in [0.29, 0.717) is 0 Å². The topological polar surface area (TPSA) is 37.4 Å². The maximum absolute atomic E-state index is 12.2. The van der Waals surface area contributed by atoms with Crippen molar-refractivity contribution >= 4 is 12.2 Å². The van der Waals surface area contributed by atoms with Crippen molar-refractivity contribution in [1.82, 2.24) is 4.90 Å². The molecule has 1 aliphatic heterocycles. The minimum absolute atomic E-state index is 0.0501. The molecule has 1 atom stereocenters. The van der Waals surface area contributed by atoms with E-state index < -0.39 is 5.92 Å². The molecule has 3 nitrogen and oxygen atoms in total. The first-order chi connectivity index (χ1) is 8.33. The number of hydrogen-bond acceptors (Lipinski definition) is 2. The number of benzene rings is 1. The molecule has 2 rings (SSSR count). The Bertz CT molecular complexity index is 382. The molecular formula is C14H17NO2. The summed E-state index contributed by atoms with van der Waals surface area (Å²) in [6.07, 6.45) is 4.03. The molecule has 0 aliphatic carbocycles. The highest BCUT2D eigenvalue weighted by molar-refractivity contribution is 5.97. The Hall–Kier alpha value is -1.64. The van der Waals surface area contributed by atoms with Crippen LogP contribution in [0.15, 0.2) is 30.3 Å². The molecule has 3 heteroatoms. The van der Waals surface area contributed by atoms with Gasteiger partial charge in [-0.2, -0.15) is 0 Å². The molecule has 1 aliphatic rings.